The zero-order chi connectivity index (χ0) is 20.0. The quantitative estimate of drug-likeness (QED) is 0.741. The summed E-state index contributed by atoms with van der Waals surface area (Å²) in [4.78, 5) is 24.0. The number of nitrogens with one attached hydrogen (secondary N) is 1. The van der Waals surface area contributed by atoms with Gasteiger partial charge in [0.25, 0.3) is 5.91 Å². The minimum absolute atomic E-state index is 0.0411. The van der Waals surface area contributed by atoms with Gasteiger partial charge in [-0.25, -0.2) is 4.39 Å². The van der Waals surface area contributed by atoms with E-state index in [1.807, 2.05) is 31.2 Å². The minimum atomic E-state index is -1.05. The van der Waals surface area contributed by atoms with Gasteiger partial charge >= 0.3 is 5.97 Å². The van der Waals surface area contributed by atoms with Crippen molar-refractivity contribution in [2.45, 2.75) is 13.3 Å². The van der Waals surface area contributed by atoms with E-state index >= 15 is 0 Å². The summed E-state index contributed by atoms with van der Waals surface area (Å²) >= 11 is 0. The number of carboxylic acid groups (broad SMARTS) is 1. The van der Waals surface area contributed by atoms with Crippen molar-refractivity contribution in [3.05, 3.63) is 58.9 Å². The number of ether oxygens (including phenoxy) is 2. The van der Waals surface area contributed by atoms with Gasteiger partial charge in [-0.1, -0.05) is 29.8 Å². The molecule has 1 atom stereocenters. The maximum atomic E-state index is 14.2. The number of benzene rings is 2. The highest BCUT2D eigenvalue weighted by molar-refractivity contribution is 5.98. The Labute approximate surface area is 156 Å². The molecule has 7 heteroatoms. The van der Waals surface area contributed by atoms with Crippen LogP contribution in [0.15, 0.2) is 36.4 Å². The number of rotatable bonds is 8. The molecular weight excluding hydrogens is 353 g/mol. The molecule has 1 amide bonds. The minimum Gasteiger partial charge on any atom is -0.493 e. The van der Waals surface area contributed by atoms with Gasteiger partial charge in [0.2, 0.25) is 0 Å². The van der Waals surface area contributed by atoms with Crippen LogP contribution < -0.4 is 14.8 Å². The third-order valence-electron chi connectivity index (χ3n) is 4.14. The lowest BCUT2D eigenvalue weighted by molar-refractivity contribution is -0.141. The van der Waals surface area contributed by atoms with Crippen molar-refractivity contribution in [2.75, 3.05) is 20.8 Å². The van der Waals surface area contributed by atoms with Gasteiger partial charge in [-0.2, -0.15) is 0 Å². The molecule has 0 aliphatic rings. The van der Waals surface area contributed by atoms with Crippen LogP contribution in [0, 0.1) is 18.7 Å². The number of methoxy groups -OCH3 is 2. The Morgan fingerprint density at radius 3 is 2.52 bits per heavy atom. The van der Waals surface area contributed by atoms with Crippen molar-refractivity contribution >= 4 is 11.9 Å². The number of carbonyl (C=O) groups is 2. The van der Waals surface area contributed by atoms with Crippen molar-refractivity contribution in [3.63, 3.8) is 0 Å². The first-order valence-electron chi connectivity index (χ1n) is 8.34. The summed E-state index contributed by atoms with van der Waals surface area (Å²) in [5.41, 5.74) is 1.54. The molecular formula is C20H22FNO5. The number of carboxylic acids is 1. The molecule has 0 aromatic heterocycles. The van der Waals surface area contributed by atoms with Gasteiger partial charge < -0.3 is 19.9 Å². The molecule has 1 unspecified atom stereocenters. The smallest absolute Gasteiger partial charge is 0.308 e. The molecule has 0 spiro atoms. The predicted molar refractivity (Wildman–Crippen MR) is 97.8 cm³/mol. The molecule has 0 saturated heterocycles. The van der Waals surface area contributed by atoms with E-state index in [-0.39, 0.29) is 30.0 Å². The van der Waals surface area contributed by atoms with Crippen molar-refractivity contribution in [2.24, 2.45) is 5.92 Å². The lowest BCUT2D eigenvalue weighted by Gasteiger charge is -2.16. The predicted octanol–water partition coefficient (Wildman–Crippen LogP) is 2.82. The third-order valence-corrected chi connectivity index (χ3v) is 4.14. The number of carbonyl (C=O) groups excluding carboxylic acids is 1. The standard InChI is InChI=1S/C20H22FNO5/c1-12-5-4-6-13(9-12)10-14(20(24)25)11-22-19(23)17-15(21)7-8-16(26-2)18(17)27-3/h4-9,14H,10-11H2,1-3H3,(H,22,23)(H,24,25). The van der Waals surface area contributed by atoms with Crippen LogP contribution in [0.3, 0.4) is 0 Å². The number of hydrogen-bond donors (Lipinski definition) is 2. The maximum Gasteiger partial charge on any atom is 0.308 e. The zero-order valence-electron chi connectivity index (χ0n) is 15.4. The number of amides is 1. The first kappa shape index (κ1) is 20.2. The van der Waals surface area contributed by atoms with Gasteiger partial charge in [-0.15, -0.1) is 0 Å². The van der Waals surface area contributed by atoms with E-state index in [0.29, 0.717) is 0 Å². The van der Waals surface area contributed by atoms with Gasteiger partial charge in [0.1, 0.15) is 11.4 Å². The van der Waals surface area contributed by atoms with Gasteiger partial charge in [-0.05, 0) is 31.0 Å². The van der Waals surface area contributed by atoms with Crippen LogP contribution in [0.5, 0.6) is 11.5 Å². The number of aryl methyl sites for hydroxylation is 1. The fourth-order valence-electron chi connectivity index (χ4n) is 2.79. The second-order valence-electron chi connectivity index (χ2n) is 6.10. The van der Waals surface area contributed by atoms with Gasteiger partial charge in [0.15, 0.2) is 11.5 Å². The van der Waals surface area contributed by atoms with E-state index < -0.39 is 23.6 Å². The second kappa shape index (κ2) is 9.02. The highest BCUT2D eigenvalue weighted by Gasteiger charge is 2.24. The molecule has 0 aliphatic heterocycles. The summed E-state index contributed by atoms with van der Waals surface area (Å²) in [5.74, 6) is -3.28. The average molecular weight is 375 g/mol. The summed E-state index contributed by atoms with van der Waals surface area (Å²) in [5, 5.41) is 11.9. The third kappa shape index (κ3) is 4.97. The Hall–Kier alpha value is -3.09. The monoisotopic (exact) mass is 375 g/mol. The normalized spacial score (nSPS) is 11.6. The first-order valence-corrected chi connectivity index (χ1v) is 8.34. The Morgan fingerprint density at radius 2 is 1.93 bits per heavy atom. The van der Waals surface area contributed by atoms with Crippen molar-refractivity contribution in [3.8, 4) is 11.5 Å². The fourth-order valence-corrected chi connectivity index (χ4v) is 2.79. The van der Waals surface area contributed by atoms with Crippen LogP contribution in [0.25, 0.3) is 0 Å². The van der Waals surface area contributed by atoms with E-state index in [1.165, 1.54) is 20.3 Å². The van der Waals surface area contributed by atoms with Gasteiger partial charge in [0, 0.05) is 6.54 Å². The van der Waals surface area contributed by atoms with E-state index in [0.717, 1.165) is 17.2 Å². The highest BCUT2D eigenvalue weighted by Crippen LogP contribution is 2.32. The first-order chi connectivity index (χ1) is 12.9. The van der Waals surface area contributed by atoms with Crippen LogP contribution >= 0.6 is 0 Å². The summed E-state index contributed by atoms with van der Waals surface area (Å²) in [6, 6.07) is 9.93. The molecule has 0 heterocycles. The zero-order valence-corrected chi connectivity index (χ0v) is 15.4. The number of aliphatic carboxylic acids is 1. The molecule has 0 aliphatic carbocycles. The molecule has 144 valence electrons. The molecule has 2 aromatic carbocycles. The molecule has 6 nitrogen and oxygen atoms in total. The van der Waals surface area contributed by atoms with Crippen LogP contribution in [0.2, 0.25) is 0 Å². The van der Waals surface area contributed by atoms with Crippen LogP contribution in [-0.2, 0) is 11.2 Å². The summed E-state index contributed by atoms with van der Waals surface area (Å²) < 4.78 is 24.3. The maximum absolute atomic E-state index is 14.2. The molecule has 0 saturated carbocycles. The Balaban J connectivity index is 2.16. The second-order valence-corrected chi connectivity index (χ2v) is 6.10. The molecule has 2 N–H and O–H groups in total. The SMILES string of the molecule is COc1ccc(F)c(C(=O)NCC(Cc2cccc(C)c2)C(=O)O)c1OC. The molecule has 0 fully saturated rings. The van der Waals surface area contributed by atoms with E-state index in [1.54, 1.807) is 0 Å². The van der Waals surface area contributed by atoms with Gasteiger partial charge in [0.05, 0.1) is 20.1 Å². The molecule has 2 aromatic rings. The van der Waals surface area contributed by atoms with E-state index in [2.05, 4.69) is 5.32 Å². The number of halogens is 1. The topological polar surface area (TPSA) is 84.9 Å². The largest absolute Gasteiger partial charge is 0.493 e. The van der Waals surface area contributed by atoms with Crippen LogP contribution in [0.1, 0.15) is 21.5 Å². The summed E-state index contributed by atoms with van der Waals surface area (Å²) in [6.07, 6.45) is 0.245. The Morgan fingerprint density at radius 1 is 1.19 bits per heavy atom. The highest BCUT2D eigenvalue weighted by atomic mass is 19.1. The average Bonchev–Trinajstić information content (AvgIpc) is 2.64. The van der Waals surface area contributed by atoms with E-state index in [4.69, 9.17) is 9.47 Å². The van der Waals surface area contributed by atoms with Gasteiger partial charge in [-0.3, -0.25) is 9.59 Å². The summed E-state index contributed by atoms with van der Waals surface area (Å²) in [6.45, 7) is 1.76. The lowest BCUT2D eigenvalue weighted by atomic mass is 9.98. The van der Waals surface area contributed by atoms with Crippen molar-refractivity contribution in [1.82, 2.24) is 5.32 Å². The lowest BCUT2D eigenvalue weighted by Crippen LogP contribution is -2.34. The molecule has 27 heavy (non-hydrogen) atoms. The number of hydrogen-bond acceptors (Lipinski definition) is 4. The fraction of sp³-hybridized carbons (Fsp3) is 0.300. The molecule has 0 bridgehead atoms. The Bertz CT molecular complexity index is 837. The van der Waals surface area contributed by atoms with Crippen LogP contribution in [0.4, 0.5) is 4.39 Å². The summed E-state index contributed by atoms with van der Waals surface area (Å²) in [7, 11) is 2.67. The van der Waals surface area contributed by atoms with Crippen molar-refractivity contribution < 1.29 is 28.6 Å². The van der Waals surface area contributed by atoms with E-state index in [9.17, 15) is 19.1 Å². The Kier molecular flexibility index (Phi) is 6.76. The van der Waals surface area contributed by atoms with Crippen LogP contribution in [-0.4, -0.2) is 37.7 Å². The molecule has 0 radical (unpaired) electrons. The van der Waals surface area contributed by atoms with Crippen molar-refractivity contribution in [1.29, 1.82) is 0 Å². The molecule has 2 rings (SSSR count).